The van der Waals surface area contributed by atoms with Gasteiger partial charge >= 0.3 is 5.97 Å². The van der Waals surface area contributed by atoms with Crippen LogP contribution in [0.3, 0.4) is 0 Å². The van der Waals surface area contributed by atoms with Gasteiger partial charge in [0.1, 0.15) is 5.75 Å². The summed E-state index contributed by atoms with van der Waals surface area (Å²) in [7, 11) is 1.37. The van der Waals surface area contributed by atoms with Crippen LogP contribution in [-0.4, -0.2) is 18.2 Å². The number of rotatable bonds is 4. The molecule has 2 rings (SSSR count). The molecule has 3 heteroatoms. The summed E-state index contributed by atoms with van der Waals surface area (Å²) < 4.78 is 4.61. The molecule has 0 aliphatic rings. The summed E-state index contributed by atoms with van der Waals surface area (Å²) in [5.41, 5.74) is 4.24. The maximum Gasteiger partial charge on any atom is 0.330 e. The van der Waals surface area contributed by atoms with Crippen molar-refractivity contribution in [3.63, 3.8) is 0 Å². The molecule has 108 valence electrons. The third-order valence-electron chi connectivity index (χ3n) is 3.20. The minimum Gasteiger partial charge on any atom is -0.508 e. The number of hydrogen-bond acceptors (Lipinski definition) is 3. The molecule has 0 bridgehead atoms. The molecule has 21 heavy (non-hydrogen) atoms. The Morgan fingerprint density at radius 3 is 2.10 bits per heavy atom. The topological polar surface area (TPSA) is 46.5 Å². The van der Waals surface area contributed by atoms with Crippen molar-refractivity contribution in [2.45, 2.75) is 13.3 Å². The number of aromatic hydroxyl groups is 1. The van der Waals surface area contributed by atoms with Gasteiger partial charge in [0.15, 0.2) is 0 Å². The summed E-state index contributed by atoms with van der Waals surface area (Å²) in [5.74, 6) is -0.0628. The van der Waals surface area contributed by atoms with Crippen LogP contribution in [0, 0.1) is 0 Å². The Morgan fingerprint density at radius 1 is 1.05 bits per heavy atom. The summed E-state index contributed by atoms with van der Waals surface area (Å²) in [4.78, 5) is 11.2. The third-order valence-corrected chi connectivity index (χ3v) is 3.20. The lowest BCUT2D eigenvalue weighted by atomic mass is 10.0. The molecule has 2 aromatic rings. The van der Waals surface area contributed by atoms with Crippen LogP contribution in [0.25, 0.3) is 11.1 Å². The molecule has 0 saturated carbocycles. The van der Waals surface area contributed by atoms with E-state index in [9.17, 15) is 9.90 Å². The second kappa shape index (κ2) is 6.75. The van der Waals surface area contributed by atoms with Gasteiger partial charge in [-0.3, -0.25) is 0 Å². The van der Waals surface area contributed by atoms with Crippen LogP contribution in [0.2, 0.25) is 0 Å². The fourth-order valence-electron chi connectivity index (χ4n) is 2.10. The van der Waals surface area contributed by atoms with Crippen molar-refractivity contribution in [1.29, 1.82) is 0 Å². The van der Waals surface area contributed by atoms with Crippen molar-refractivity contribution >= 4 is 5.97 Å². The first-order valence-corrected chi connectivity index (χ1v) is 6.72. The van der Waals surface area contributed by atoms with Crippen LogP contribution >= 0.6 is 0 Å². The van der Waals surface area contributed by atoms with E-state index in [2.05, 4.69) is 4.74 Å². The Morgan fingerprint density at radius 2 is 1.57 bits per heavy atom. The summed E-state index contributed by atoms with van der Waals surface area (Å²) in [6, 6.07) is 15.3. The largest absolute Gasteiger partial charge is 0.508 e. The first-order chi connectivity index (χ1) is 10.1. The normalized spacial score (nSPS) is 11.2. The van der Waals surface area contributed by atoms with Crippen molar-refractivity contribution < 1.29 is 14.6 Å². The number of ether oxygens (including phenoxy) is 1. The SMILES string of the molecule is COC(=O)/C=C(\C)Cc1ccc(-c2ccc(O)cc2)cc1. The molecule has 3 nitrogen and oxygen atoms in total. The van der Waals surface area contributed by atoms with Crippen LogP contribution in [0.15, 0.2) is 60.2 Å². The smallest absolute Gasteiger partial charge is 0.330 e. The zero-order valence-electron chi connectivity index (χ0n) is 12.2. The number of allylic oxidation sites excluding steroid dienone is 1. The Kier molecular flexibility index (Phi) is 4.77. The molecule has 0 aliphatic heterocycles. The Balaban J connectivity index is 2.10. The monoisotopic (exact) mass is 282 g/mol. The maximum atomic E-state index is 11.2. The molecule has 0 amide bonds. The number of carbonyl (C=O) groups is 1. The third kappa shape index (κ3) is 4.21. The maximum absolute atomic E-state index is 11.2. The molecule has 0 unspecified atom stereocenters. The molecule has 0 spiro atoms. The molecule has 0 radical (unpaired) electrons. The van der Waals surface area contributed by atoms with Crippen molar-refractivity contribution in [3.05, 3.63) is 65.7 Å². The Bertz CT molecular complexity index is 637. The van der Waals surface area contributed by atoms with E-state index >= 15 is 0 Å². The average Bonchev–Trinajstić information content (AvgIpc) is 2.48. The van der Waals surface area contributed by atoms with Gasteiger partial charge in [0.25, 0.3) is 0 Å². The van der Waals surface area contributed by atoms with Crippen LogP contribution in [0.4, 0.5) is 0 Å². The zero-order valence-corrected chi connectivity index (χ0v) is 12.2. The number of phenols is 1. The van der Waals surface area contributed by atoms with E-state index in [1.54, 1.807) is 12.1 Å². The van der Waals surface area contributed by atoms with Gasteiger partial charge in [0.2, 0.25) is 0 Å². The van der Waals surface area contributed by atoms with Crippen LogP contribution in [-0.2, 0) is 16.0 Å². The van der Waals surface area contributed by atoms with Gasteiger partial charge in [-0.1, -0.05) is 42.0 Å². The zero-order chi connectivity index (χ0) is 15.2. The lowest BCUT2D eigenvalue weighted by Crippen LogP contribution is -1.97. The predicted molar refractivity (Wildman–Crippen MR) is 83.0 cm³/mol. The molecule has 0 aromatic heterocycles. The van der Waals surface area contributed by atoms with Crippen molar-refractivity contribution in [2.75, 3.05) is 7.11 Å². The highest BCUT2D eigenvalue weighted by Crippen LogP contribution is 2.22. The second-order valence-corrected chi connectivity index (χ2v) is 4.93. The minimum atomic E-state index is -0.326. The lowest BCUT2D eigenvalue weighted by Gasteiger charge is -2.05. The molecule has 0 fully saturated rings. The summed E-state index contributed by atoms with van der Waals surface area (Å²) in [6.07, 6.45) is 2.22. The fraction of sp³-hybridized carbons (Fsp3) is 0.167. The molecule has 2 aromatic carbocycles. The number of methoxy groups -OCH3 is 1. The molecule has 0 aliphatic carbocycles. The van der Waals surface area contributed by atoms with E-state index in [1.807, 2.05) is 43.3 Å². The van der Waals surface area contributed by atoms with Crippen LogP contribution in [0.5, 0.6) is 5.75 Å². The first-order valence-electron chi connectivity index (χ1n) is 6.72. The van der Waals surface area contributed by atoms with E-state index in [4.69, 9.17) is 0 Å². The summed E-state index contributed by atoms with van der Waals surface area (Å²) in [5, 5.41) is 9.30. The van der Waals surface area contributed by atoms with Gasteiger partial charge in [0, 0.05) is 6.08 Å². The number of phenolic OH excluding ortho intramolecular Hbond substituents is 1. The molecule has 0 atom stereocenters. The molecular formula is C18H18O3. The quantitative estimate of drug-likeness (QED) is 0.686. The van der Waals surface area contributed by atoms with E-state index in [0.717, 1.165) is 22.3 Å². The number of esters is 1. The highest BCUT2D eigenvalue weighted by molar-refractivity contribution is 5.82. The standard InChI is InChI=1S/C18H18O3/c1-13(12-18(20)21-2)11-14-3-5-15(6-4-14)16-7-9-17(19)10-8-16/h3-10,12,19H,11H2,1-2H3/b13-12+. The highest BCUT2D eigenvalue weighted by Gasteiger charge is 2.01. The van der Waals surface area contributed by atoms with Gasteiger partial charge in [-0.05, 0) is 42.2 Å². The number of benzene rings is 2. The predicted octanol–water partition coefficient (Wildman–Crippen LogP) is 3.72. The Hall–Kier alpha value is -2.55. The van der Waals surface area contributed by atoms with E-state index in [1.165, 1.54) is 13.2 Å². The van der Waals surface area contributed by atoms with E-state index < -0.39 is 0 Å². The molecule has 0 saturated heterocycles. The number of hydrogen-bond donors (Lipinski definition) is 1. The van der Waals surface area contributed by atoms with Crippen LogP contribution < -0.4 is 0 Å². The van der Waals surface area contributed by atoms with Gasteiger partial charge in [-0.2, -0.15) is 0 Å². The molecular weight excluding hydrogens is 264 g/mol. The molecule has 0 heterocycles. The second-order valence-electron chi connectivity index (χ2n) is 4.93. The van der Waals surface area contributed by atoms with Gasteiger partial charge in [0.05, 0.1) is 7.11 Å². The fourth-order valence-corrected chi connectivity index (χ4v) is 2.10. The van der Waals surface area contributed by atoms with Gasteiger partial charge in [-0.25, -0.2) is 4.79 Å². The van der Waals surface area contributed by atoms with E-state index in [-0.39, 0.29) is 11.7 Å². The average molecular weight is 282 g/mol. The van der Waals surface area contributed by atoms with Crippen molar-refractivity contribution in [1.82, 2.24) is 0 Å². The molecule has 1 N–H and O–H groups in total. The first kappa shape index (κ1) is 14.9. The van der Waals surface area contributed by atoms with Crippen LogP contribution in [0.1, 0.15) is 12.5 Å². The van der Waals surface area contributed by atoms with Gasteiger partial charge in [-0.15, -0.1) is 0 Å². The van der Waals surface area contributed by atoms with Crippen molar-refractivity contribution in [2.24, 2.45) is 0 Å². The minimum absolute atomic E-state index is 0.263. The summed E-state index contributed by atoms with van der Waals surface area (Å²) in [6.45, 7) is 1.91. The highest BCUT2D eigenvalue weighted by atomic mass is 16.5. The Labute approximate surface area is 124 Å². The van der Waals surface area contributed by atoms with Crippen molar-refractivity contribution in [3.8, 4) is 16.9 Å². The summed E-state index contributed by atoms with van der Waals surface area (Å²) >= 11 is 0. The van der Waals surface area contributed by atoms with E-state index in [0.29, 0.717) is 6.42 Å². The lowest BCUT2D eigenvalue weighted by molar-refractivity contribution is -0.134. The number of carbonyl (C=O) groups excluding carboxylic acids is 1. The van der Waals surface area contributed by atoms with Gasteiger partial charge < -0.3 is 9.84 Å².